The zero-order valence-electron chi connectivity index (χ0n) is 14.5. The topological polar surface area (TPSA) is 70.7 Å². The second kappa shape index (κ2) is 9.06. The molecular weight excluding hydrogens is 342 g/mol. The van der Waals surface area contributed by atoms with Crippen LogP contribution in [0.4, 0.5) is 5.69 Å². The van der Waals surface area contributed by atoms with Crippen LogP contribution >= 0.6 is 12.4 Å². The molecule has 3 rings (SSSR count). The summed E-state index contributed by atoms with van der Waals surface area (Å²) in [4.78, 5) is 26.4. The number of para-hydroxylation sites is 2. The maximum absolute atomic E-state index is 12.4. The molecule has 25 heavy (non-hydrogen) atoms. The van der Waals surface area contributed by atoms with Crippen LogP contribution in [-0.4, -0.2) is 44.1 Å². The van der Waals surface area contributed by atoms with Crippen molar-refractivity contribution in [3.8, 4) is 5.75 Å². The summed E-state index contributed by atoms with van der Waals surface area (Å²) in [6, 6.07) is 7.84. The summed E-state index contributed by atoms with van der Waals surface area (Å²) in [5.74, 6) is 0.327. The van der Waals surface area contributed by atoms with Gasteiger partial charge in [0.2, 0.25) is 11.8 Å². The van der Waals surface area contributed by atoms with Crippen LogP contribution < -0.4 is 20.3 Å². The Hall–Kier alpha value is -1.79. The number of hydrogen-bond acceptors (Lipinski definition) is 4. The Morgan fingerprint density at radius 1 is 1.40 bits per heavy atom. The number of nitrogens with zero attached hydrogens (tertiary/aromatic N) is 1. The van der Waals surface area contributed by atoms with Crippen molar-refractivity contribution in [1.29, 1.82) is 0 Å². The lowest BCUT2D eigenvalue weighted by atomic mass is 10.1. The van der Waals surface area contributed by atoms with E-state index in [1.54, 1.807) is 4.90 Å². The first-order valence-corrected chi connectivity index (χ1v) is 8.72. The first kappa shape index (κ1) is 19.5. The normalized spacial score (nSPS) is 22.6. The van der Waals surface area contributed by atoms with Gasteiger partial charge in [-0.1, -0.05) is 12.1 Å². The Bertz CT molecular complexity index is 605. The Morgan fingerprint density at radius 2 is 2.20 bits per heavy atom. The van der Waals surface area contributed by atoms with Gasteiger partial charge in [0.25, 0.3) is 0 Å². The fourth-order valence-electron chi connectivity index (χ4n) is 3.37. The van der Waals surface area contributed by atoms with E-state index >= 15 is 0 Å². The van der Waals surface area contributed by atoms with Gasteiger partial charge in [0, 0.05) is 25.6 Å². The SMILES string of the molecule is CCOc1ccccc1N1CC(C(=O)NCC2CCCN2)CC1=O.Cl. The van der Waals surface area contributed by atoms with Crippen LogP contribution in [0.15, 0.2) is 24.3 Å². The Labute approximate surface area is 154 Å². The van der Waals surface area contributed by atoms with Gasteiger partial charge in [-0.2, -0.15) is 0 Å². The van der Waals surface area contributed by atoms with Crippen LogP contribution in [0.2, 0.25) is 0 Å². The van der Waals surface area contributed by atoms with E-state index in [1.807, 2.05) is 31.2 Å². The molecule has 0 aliphatic carbocycles. The largest absolute Gasteiger partial charge is 0.492 e. The van der Waals surface area contributed by atoms with Gasteiger partial charge in [0.15, 0.2) is 0 Å². The van der Waals surface area contributed by atoms with Crippen LogP contribution in [0.5, 0.6) is 5.75 Å². The number of halogens is 1. The van der Waals surface area contributed by atoms with E-state index in [0.717, 1.165) is 25.1 Å². The number of anilines is 1. The minimum atomic E-state index is -0.298. The fourth-order valence-corrected chi connectivity index (χ4v) is 3.37. The Morgan fingerprint density at radius 3 is 2.92 bits per heavy atom. The van der Waals surface area contributed by atoms with Crippen molar-refractivity contribution in [1.82, 2.24) is 10.6 Å². The summed E-state index contributed by atoms with van der Waals surface area (Å²) in [5.41, 5.74) is 0.747. The smallest absolute Gasteiger partial charge is 0.227 e. The maximum atomic E-state index is 12.4. The van der Waals surface area contributed by atoms with Crippen LogP contribution in [0.3, 0.4) is 0 Å². The van der Waals surface area contributed by atoms with Crippen LogP contribution in [0.25, 0.3) is 0 Å². The molecule has 2 aliphatic rings. The number of benzene rings is 1. The second-order valence-corrected chi connectivity index (χ2v) is 6.34. The van der Waals surface area contributed by atoms with E-state index in [1.165, 1.54) is 0 Å². The second-order valence-electron chi connectivity index (χ2n) is 6.34. The lowest BCUT2D eigenvalue weighted by Crippen LogP contribution is -2.40. The summed E-state index contributed by atoms with van der Waals surface area (Å²) in [6.45, 7) is 4.52. The molecule has 7 heteroatoms. The molecule has 1 aromatic rings. The molecule has 138 valence electrons. The molecule has 2 atom stereocenters. The number of nitrogens with one attached hydrogen (secondary N) is 2. The monoisotopic (exact) mass is 367 g/mol. The molecule has 6 nitrogen and oxygen atoms in total. The molecular formula is C18H26ClN3O3. The summed E-state index contributed by atoms with van der Waals surface area (Å²) in [7, 11) is 0. The van der Waals surface area contributed by atoms with E-state index in [-0.39, 0.29) is 36.6 Å². The molecule has 2 N–H and O–H groups in total. The van der Waals surface area contributed by atoms with Gasteiger partial charge >= 0.3 is 0 Å². The standard InChI is InChI=1S/C18H25N3O3.ClH/c1-2-24-16-8-4-3-7-15(16)21-12-13(10-17(21)22)18(23)20-11-14-6-5-9-19-14;/h3-4,7-8,13-14,19H,2,5-6,9-12H2,1H3,(H,20,23);1H. The summed E-state index contributed by atoms with van der Waals surface area (Å²) in [6.07, 6.45) is 2.51. The number of carbonyl (C=O) groups excluding carboxylic acids is 2. The van der Waals surface area contributed by atoms with Crippen LogP contribution in [0.1, 0.15) is 26.2 Å². The van der Waals surface area contributed by atoms with E-state index < -0.39 is 0 Å². The third-order valence-electron chi connectivity index (χ3n) is 4.64. The highest BCUT2D eigenvalue weighted by Gasteiger charge is 2.36. The third-order valence-corrected chi connectivity index (χ3v) is 4.64. The van der Waals surface area contributed by atoms with Crippen molar-refractivity contribution < 1.29 is 14.3 Å². The first-order valence-electron chi connectivity index (χ1n) is 8.72. The van der Waals surface area contributed by atoms with Gasteiger partial charge in [-0.25, -0.2) is 0 Å². The van der Waals surface area contributed by atoms with Gasteiger partial charge in [0.05, 0.1) is 18.2 Å². The highest BCUT2D eigenvalue weighted by Crippen LogP contribution is 2.33. The summed E-state index contributed by atoms with van der Waals surface area (Å²) < 4.78 is 5.61. The van der Waals surface area contributed by atoms with E-state index in [4.69, 9.17) is 4.74 Å². The lowest BCUT2D eigenvalue weighted by Gasteiger charge is -2.20. The minimum absolute atomic E-state index is 0. The van der Waals surface area contributed by atoms with Gasteiger partial charge < -0.3 is 20.3 Å². The van der Waals surface area contributed by atoms with Crippen molar-refractivity contribution in [3.05, 3.63) is 24.3 Å². The molecule has 2 unspecified atom stereocenters. The van der Waals surface area contributed by atoms with Crippen molar-refractivity contribution >= 4 is 29.9 Å². The van der Waals surface area contributed by atoms with Gasteiger partial charge in [-0.05, 0) is 38.4 Å². The number of rotatable bonds is 6. The maximum Gasteiger partial charge on any atom is 0.227 e. The molecule has 2 amide bonds. The quantitative estimate of drug-likeness (QED) is 0.803. The molecule has 1 aromatic carbocycles. The third kappa shape index (κ3) is 4.64. The average Bonchev–Trinajstić information content (AvgIpc) is 3.23. The lowest BCUT2D eigenvalue weighted by molar-refractivity contribution is -0.126. The molecule has 0 saturated carbocycles. The van der Waals surface area contributed by atoms with E-state index in [2.05, 4.69) is 10.6 Å². The highest BCUT2D eigenvalue weighted by atomic mass is 35.5. The van der Waals surface area contributed by atoms with Gasteiger partial charge in [-0.15, -0.1) is 12.4 Å². The number of amides is 2. The average molecular weight is 368 g/mol. The van der Waals surface area contributed by atoms with Gasteiger partial charge in [-0.3, -0.25) is 9.59 Å². The minimum Gasteiger partial charge on any atom is -0.492 e. The van der Waals surface area contributed by atoms with Crippen LogP contribution in [-0.2, 0) is 9.59 Å². The number of ether oxygens (including phenoxy) is 1. The van der Waals surface area contributed by atoms with Crippen molar-refractivity contribution in [2.45, 2.75) is 32.2 Å². The van der Waals surface area contributed by atoms with Gasteiger partial charge in [0.1, 0.15) is 5.75 Å². The molecule has 2 saturated heterocycles. The zero-order valence-corrected chi connectivity index (χ0v) is 15.3. The van der Waals surface area contributed by atoms with Crippen molar-refractivity contribution in [3.63, 3.8) is 0 Å². The number of carbonyl (C=O) groups is 2. The zero-order chi connectivity index (χ0) is 16.9. The molecule has 0 bridgehead atoms. The van der Waals surface area contributed by atoms with Crippen LogP contribution in [0, 0.1) is 5.92 Å². The predicted molar refractivity (Wildman–Crippen MR) is 99.4 cm³/mol. The summed E-state index contributed by atoms with van der Waals surface area (Å²) >= 11 is 0. The van der Waals surface area contributed by atoms with E-state index in [9.17, 15) is 9.59 Å². The Kier molecular flexibility index (Phi) is 7.08. The predicted octanol–water partition coefficient (Wildman–Crippen LogP) is 1.73. The van der Waals surface area contributed by atoms with Crippen molar-refractivity contribution in [2.24, 2.45) is 5.92 Å². The molecule has 2 heterocycles. The molecule has 0 spiro atoms. The highest BCUT2D eigenvalue weighted by molar-refractivity contribution is 6.01. The molecule has 0 radical (unpaired) electrons. The Balaban J connectivity index is 0.00000225. The molecule has 0 aromatic heterocycles. The summed E-state index contributed by atoms with van der Waals surface area (Å²) in [5, 5.41) is 6.35. The molecule has 2 fully saturated rings. The fraction of sp³-hybridized carbons (Fsp3) is 0.556. The first-order chi connectivity index (χ1) is 11.7. The van der Waals surface area contributed by atoms with E-state index in [0.29, 0.717) is 31.5 Å². The number of hydrogen-bond donors (Lipinski definition) is 2. The van der Waals surface area contributed by atoms with Crippen molar-refractivity contribution in [2.75, 3.05) is 31.1 Å². The molecule has 2 aliphatic heterocycles.